The summed E-state index contributed by atoms with van der Waals surface area (Å²) in [5.41, 5.74) is 7.04. The average Bonchev–Trinajstić information content (AvgIpc) is 3.31. The Morgan fingerprint density at radius 3 is 1.92 bits per heavy atom. The molecule has 2 aliphatic rings. The number of carbonyl (C=O) groups excluding carboxylic acids is 1. The van der Waals surface area contributed by atoms with Crippen molar-refractivity contribution in [3.8, 4) is 11.1 Å². The van der Waals surface area contributed by atoms with Crippen molar-refractivity contribution < 1.29 is 4.79 Å². The average molecular weight is 487 g/mol. The number of benzene rings is 4. The van der Waals surface area contributed by atoms with Gasteiger partial charge in [-0.2, -0.15) is 0 Å². The number of likely N-dealkylation sites (tertiary alicyclic amines) is 1. The molecule has 1 fully saturated rings. The van der Waals surface area contributed by atoms with E-state index in [1.807, 2.05) is 18.2 Å². The molecule has 0 saturated carbocycles. The van der Waals surface area contributed by atoms with Gasteiger partial charge in [-0.25, -0.2) is 0 Å². The molecule has 6 rings (SSSR count). The van der Waals surface area contributed by atoms with Gasteiger partial charge in [0, 0.05) is 31.6 Å². The Labute approximate surface area is 220 Å². The normalized spacial score (nSPS) is 16.4. The largest absolute Gasteiger partial charge is 0.331 e. The van der Waals surface area contributed by atoms with E-state index in [4.69, 9.17) is 0 Å². The van der Waals surface area contributed by atoms with E-state index in [-0.39, 0.29) is 5.91 Å². The molecule has 0 atom stereocenters. The summed E-state index contributed by atoms with van der Waals surface area (Å²) in [7, 11) is 0. The highest BCUT2D eigenvalue weighted by atomic mass is 16.2. The third-order valence-corrected chi connectivity index (χ3v) is 8.19. The second-order valence-electron chi connectivity index (χ2n) is 10.4. The van der Waals surface area contributed by atoms with E-state index in [1.165, 1.54) is 16.7 Å². The lowest BCUT2D eigenvalue weighted by molar-refractivity contribution is 0.0596. The molecule has 37 heavy (non-hydrogen) atoms. The molecule has 2 aliphatic heterocycles. The second kappa shape index (κ2) is 10.7. The van der Waals surface area contributed by atoms with Crippen molar-refractivity contribution in [2.45, 2.75) is 37.8 Å². The summed E-state index contributed by atoms with van der Waals surface area (Å²) in [5, 5.41) is 0. The number of fused-ring (bicyclic) bond motifs is 1. The Balaban J connectivity index is 1.10. The number of amides is 1. The maximum Gasteiger partial charge on any atom is 0.255 e. The Hall–Kier alpha value is -3.69. The fourth-order valence-corrected chi connectivity index (χ4v) is 6.20. The van der Waals surface area contributed by atoms with Gasteiger partial charge in [0.05, 0.1) is 5.56 Å². The fraction of sp³-hybridized carbons (Fsp3) is 0.265. The molecule has 0 N–H and O–H groups in total. The summed E-state index contributed by atoms with van der Waals surface area (Å²) in [5.74, 6) is 0.618. The van der Waals surface area contributed by atoms with Crippen LogP contribution >= 0.6 is 0 Å². The van der Waals surface area contributed by atoms with E-state index in [2.05, 4.69) is 101 Å². The van der Waals surface area contributed by atoms with Crippen molar-refractivity contribution in [2.24, 2.45) is 0 Å². The predicted octanol–water partition coefficient (Wildman–Crippen LogP) is 7.00. The minimum atomic E-state index is 0.209. The van der Waals surface area contributed by atoms with Gasteiger partial charge in [0.2, 0.25) is 0 Å². The highest BCUT2D eigenvalue weighted by Crippen LogP contribution is 2.35. The topological polar surface area (TPSA) is 23.6 Å². The minimum Gasteiger partial charge on any atom is -0.331 e. The van der Waals surface area contributed by atoms with E-state index in [0.29, 0.717) is 12.0 Å². The first-order valence-corrected chi connectivity index (χ1v) is 13.6. The summed E-state index contributed by atoms with van der Waals surface area (Å²) in [6.45, 7) is 3.91. The molecule has 3 nitrogen and oxygen atoms in total. The number of rotatable bonds is 7. The number of piperidine rings is 1. The fourth-order valence-electron chi connectivity index (χ4n) is 6.20. The Morgan fingerprint density at radius 1 is 0.703 bits per heavy atom. The van der Waals surface area contributed by atoms with Crippen molar-refractivity contribution in [3.05, 3.63) is 131 Å². The smallest absolute Gasteiger partial charge is 0.255 e. The van der Waals surface area contributed by atoms with Crippen molar-refractivity contribution in [2.75, 3.05) is 19.6 Å². The van der Waals surface area contributed by atoms with Crippen molar-refractivity contribution in [1.29, 1.82) is 0 Å². The first-order chi connectivity index (χ1) is 18.3. The summed E-state index contributed by atoms with van der Waals surface area (Å²) in [6, 6.07) is 38.7. The highest BCUT2D eigenvalue weighted by molar-refractivity contribution is 6.04. The van der Waals surface area contributed by atoms with Crippen LogP contribution in [0, 0.1) is 0 Å². The van der Waals surface area contributed by atoms with Crippen LogP contribution in [-0.2, 0) is 6.54 Å². The van der Waals surface area contributed by atoms with Crippen LogP contribution in [0.5, 0.6) is 0 Å². The molecule has 0 aromatic heterocycles. The Morgan fingerprint density at radius 2 is 1.30 bits per heavy atom. The molecule has 4 aromatic carbocycles. The summed E-state index contributed by atoms with van der Waals surface area (Å²) in [6.07, 6.45) is 3.19. The molecule has 3 heteroatoms. The van der Waals surface area contributed by atoms with E-state index in [1.54, 1.807) is 0 Å². The zero-order chi connectivity index (χ0) is 25.0. The molecule has 4 aromatic rings. The zero-order valence-corrected chi connectivity index (χ0v) is 21.3. The van der Waals surface area contributed by atoms with Gasteiger partial charge in [-0.1, -0.05) is 109 Å². The monoisotopic (exact) mass is 486 g/mol. The molecule has 2 heterocycles. The van der Waals surface area contributed by atoms with Crippen molar-refractivity contribution in [1.82, 2.24) is 9.80 Å². The van der Waals surface area contributed by atoms with Gasteiger partial charge in [-0.3, -0.25) is 4.79 Å². The lowest BCUT2D eigenvalue weighted by atomic mass is 9.88. The van der Waals surface area contributed by atoms with Crippen LogP contribution in [0.4, 0.5) is 0 Å². The number of nitrogens with zero attached hydrogens (tertiary/aromatic N) is 2. The van der Waals surface area contributed by atoms with Gasteiger partial charge in [-0.05, 0) is 53.6 Å². The van der Waals surface area contributed by atoms with Crippen molar-refractivity contribution >= 4 is 5.91 Å². The first-order valence-electron chi connectivity index (χ1n) is 13.6. The molecule has 0 aliphatic carbocycles. The van der Waals surface area contributed by atoms with E-state index < -0.39 is 0 Å². The maximum atomic E-state index is 13.6. The van der Waals surface area contributed by atoms with Crippen molar-refractivity contribution in [3.63, 3.8) is 0 Å². The van der Waals surface area contributed by atoms with Gasteiger partial charge >= 0.3 is 0 Å². The maximum absolute atomic E-state index is 13.6. The molecule has 0 unspecified atom stereocenters. The van der Waals surface area contributed by atoms with E-state index in [9.17, 15) is 4.79 Å². The zero-order valence-electron chi connectivity index (χ0n) is 21.3. The summed E-state index contributed by atoms with van der Waals surface area (Å²) >= 11 is 0. The van der Waals surface area contributed by atoms with Gasteiger partial charge < -0.3 is 9.80 Å². The molecular weight excluding hydrogens is 452 g/mol. The molecule has 1 amide bonds. The van der Waals surface area contributed by atoms with Crippen LogP contribution in [0.2, 0.25) is 0 Å². The summed E-state index contributed by atoms with van der Waals surface area (Å²) in [4.78, 5) is 18.4. The number of hydrogen-bond acceptors (Lipinski definition) is 2. The van der Waals surface area contributed by atoms with Crippen LogP contribution in [0.3, 0.4) is 0 Å². The standard InChI is InChI=1S/C34H34N2O/c37-34-33-29(17-10-18-32(33)28-15-8-3-9-16-28)25-36(34)30-19-22-35(23-20-30)24-21-31(26-11-4-1-5-12-26)27-13-6-2-7-14-27/h1-18,30-31H,19-25H2. The third kappa shape index (κ3) is 4.97. The lowest BCUT2D eigenvalue weighted by Gasteiger charge is -2.37. The van der Waals surface area contributed by atoms with Gasteiger partial charge in [0.1, 0.15) is 0 Å². The minimum absolute atomic E-state index is 0.209. The van der Waals surface area contributed by atoms with Crippen LogP contribution in [-0.4, -0.2) is 41.4 Å². The van der Waals surface area contributed by atoms with Crippen LogP contribution < -0.4 is 0 Å². The number of carbonyl (C=O) groups is 1. The van der Waals surface area contributed by atoms with Crippen LogP contribution in [0.25, 0.3) is 11.1 Å². The predicted molar refractivity (Wildman–Crippen MR) is 151 cm³/mol. The molecule has 0 bridgehead atoms. The molecule has 1 saturated heterocycles. The Bertz CT molecular complexity index is 1290. The summed E-state index contributed by atoms with van der Waals surface area (Å²) < 4.78 is 0. The number of hydrogen-bond donors (Lipinski definition) is 0. The third-order valence-electron chi connectivity index (χ3n) is 8.19. The first kappa shape index (κ1) is 23.7. The van der Waals surface area contributed by atoms with Crippen LogP contribution in [0.15, 0.2) is 109 Å². The Kier molecular flexibility index (Phi) is 6.88. The second-order valence-corrected chi connectivity index (χ2v) is 10.4. The quantitative estimate of drug-likeness (QED) is 0.281. The van der Waals surface area contributed by atoms with E-state index >= 15 is 0 Å². The van der Waals surface area contributed by atoms with Gasteiger partial charge in [0.15, 0.2) is 0 Å². The van der Waals surface area contributed by atoms with Crippen LogP contribution in [0.1, 0.15) is 52.2 Å². The molecule has 186 valence electrons. The van der Waals surface area contributed by atoms with Gasteiger partial charge in [-0.15, -0.1) is 0 Å². The lowest BCUT2D eigenvalue weighted by Crippen LogP contribution is -2.45. The van der Waals surface area contributed by atoms with E-state index in [0.717, 1.165) is 62.1 Å². The SMILES string of the molecule is O=C1c2c(cccc2-c2ccccc2)CN1C1CCN(CCC(c2ccccc2)c2ccccc2)CC1. The molecular formula is C34H34N2O. The van der Waals surface area contributed by atoms with Gasteiger partial charge in [0.25, 0.3) is 5.91 Å². The molecule has 0 spiro atoms. The highest BCUT2D eigenvalue weighted by Gasteiger charge is 2.36. The molecule has 0 radical (unpaired) electrons.